The first-order chi connectivity index (χ1) is 12.5. The van der Waals surface area contributed by atoms with E-state index in [1.807, 2.05) is 37.3 Å². The van der Waals surface area contributed by atoms with Gasteiger partial charge >= 0.3 is 12.0 Å². The van der Waals surface area contributed by atoms with Crippen LogP contribution in [0, 0.1) is 5.92 Å². The molecule has 0 bridgehead atoms. The van der Waals surface area contributed by atoms with Crippen molar-refractivity contribution >= 4 is 12.0 Å². The molecule has 2 rings (SSSR count). The first-order valence-corrected chi connectivity index (χ1v) is 8.50. The summed E-state index contributed by atoms with van der Waals surface area (Å²) in [5.41, 5.74) is 2.06. The van der Waals surface area contributed by atoms with Crippen molar-refractivity contribution in [2.45, 2.75) is 20.1 Å². The average Bonchev–Trinajstić information content (AvgIpc) is 2.66. The number of rotatable bonds is 9. The molecule has 0 aromatic heterocycles. The minimum Gasteiger partial charge on any atom is -0.478 e. The van der Waals surface area contributed by atoms with Crippen molar-refractivity contribution in [3.63, 3.8) is 0 Å². The van der Waals surface area contributed by atoms with Crippen LogP contribution in [0.3, 0.4) is 0 Å². The Morgan fingerprint density at radius 1 is 1.04 bits per heavy atom. The van der Waals surface area contributed by atoms with Crippen LogP contribution in [0.2, 0.25) is 0 Å². The maximum Gasteiger partial charge on any atom is 0.335 e. The molecule has 6 heteroatoms. The van der Waals surface area contributed by atoms with Crippen molar-refractivity contribution in [3.8, 4) is 0 Å². The molecule has 1 unspecified atom stereocenters. The first kappa shape index (κ1) is 19.5. The van der Waals surface area contributed by atoms with E-state index in [2.05, 4.69) is 10.6 Å². The van der Waals surface area contributed by atoms with Crippen LogP contribution in [-0.2, 0) is 17.9 Å². The monoisotopic (exact) mass is 356 g/mol. The van der Waals surface area contributed by atoms with Gasteiger partial charge in [0.2, 0.25) is 0 Å². The van der Waals surface area contributed by atoms with Crippen LogP contribution in [0.15, 0.2) is 54.6 Å². The van der Waals surface area contributed by atoms with E-state index in [4.69, 9.17) is 9.84 Å². The van der Waals surface area contributed by atoms with Crippen molar-refractivity contribution in [2.75, 3.05) is 13.2 Å². The van der Waals surface area contributed by atoms with Gasteiger partial charge in [0.05, 0.1) is 18.8 Å². The van der Waals surface area contributed by atoms with Gasteiger partial charge < -0.3 is 20.5 Å². The van der Waals surface area contributed by atoms with Gasteiger partial charge in [-0.15, -0.1) is 0 Å². The lowest BCUT2D eigenvalue weighted by Crippen LogP contribution is -2.38. The number of carbonyl (C=O) groups is 2. The van der Waals surface area contributed by atoms with Gasteiger partial charge in [0.15, 0.2) is 0 Å². The molecule has 0 aliphatic carbocycles. The van der Waals surface area contributed by atoms with Gasteiger partial charge in [-0.1, -0.05) is 49.4 Å². The van der Waals surface area contributed by atoms with Crippen molar-refractivity contribution in [1.29, 1.82) is 0 Å². The van der Waals surface area contributed by atoms with Gasteiger partial charge in [0.1, 0.15) is 0 Å². The van der Waals surface area contributed by atoms with Gasteiger partial charge in [-0.25, -0.2) is 9.59 Å². The van der Waals surface area contributed by atoms with Crippen LogP contribution in [0.5, 0.6) is 0 Å². The van der Waals surface area contributed by atoms with Crippen LogP contribution in [0.4, 0.5) is 4.79 Å². The molecule has 0 radical (unpaired) electrons. The zero-order valence-corrected chi connectivity index (χ0v) is 14.8. The number of carboxylic acid groups (broad SMARTS) is 1. The second kappa shape index (κ2) is 10.2. The van der Waals surface area contributed by atoms with Gasteiger partial charge in [0, 0.05) is 13.1 Å². The summed E-state index contributed by atoms with van der Waals surface area (Å²) in [6.45, 7) is 3.87. The molecule has 0 aliphatic heterocycles. The summed E-state index contributed by atoms with van der Waals surface area (Å²) in [4.78, 5) is 22.8. The number of carbonyl (C=O) groups excluding carboxylic acids is 1. The highest BCUT2D eigenvalue weighted by Crippen LogP contribution is 2.05. The van der Waals surface area contributed by atoms with Crippen molar-refractivity contribution in [3.05, 3.63) is 71.3 Å². The number of ether oxygens (including phenoxy) is 1. The van der Waals surface area contributed by atoms with Crippen LogP contribution < -0.4 is 10.6 Å². The minimum atomic E-state index is -0.986. The van der Waals surface area contributed by atoms with E-state index in [1.165, 1.54) is 6.07 Å². The summed E-state index contributed by atoms with van der Waals surface area (Å²) in [7, 11) is 0. The summed E-state index contributed by atoms with van der Waals surface area (Å²) < 4.78 is 5.65. The molecular formula is C20H24N2O4. The number of aromatic carboxylic acids is 1. The van der Waals surface area contributed by atoms with Gasteiger partial charge in [-0.3, -0.25) is 0 Å². The van der Waals surface area contributed by atoms with Crippen LogP contribution in [0.1, 0.15) is 28.4 Å². The van der Waals surface area contributed by atoms with E-state index in [1.54, 1.807) is 18.2 Å². The van der Waals surface area contributed by atoms with E-state index in [0.717, 1.165) is 11.1 Å². The summed E-state index contributed by atoms with van der Waals surface area (Å²) in [5, 5.41) is 14.5. The molecule has 0 saturated carbocycles. The van der Waals surface area contributed by atoms with Crippen LogP contribution in [-0.4, -0.2) is 30.3 Å². The number of benzene rings is 2. The van der Waals surface area contributed by atoms with Crippen LogP contribution in [0.25, 0.3) is 0 Å². The molecule has 0 spiro atoms. The molecule has 26 heavy (non-hydrogen) atoms. The largest absolute Gasteiger partial charge is 0.478 e. The Morgan fingerprint density at radius 2 is 1.77 bits per heavy atom. The zero-order chi connectivity index (χ0) is 18.8. The van der Waals surface area contributed by atoms with Crippen LogP contribution >= 0.6 is 0 Å². The van der Waals surface area contributed by atoms with Crippen molar-refractivity contribution in [2.24, 2.45) is 5.92 Å². The summed E-state index contributed by atoms with van der Waals surface area (Å²) in [5.74, 6) is -0.805. The second-order valence-corrected chi connectivity index (χ2v) is 6.18. The standard InChI is InChI=1S/C20H24N2O4/c1-15(13-26-14-16-6-3-2-4-7-16)11-21-20(25)22-12-17-8-5-9-18(10-17)19(23)24/h2-10,15H,11-14H2,1H3,(H,23,24)(H2,21,22,25). The molecule has 2 amide bonds. The third-order valence-electron chi connectivity index (χ3n) is 3.75. The zero-order valence-electron chi connectivity index (χ0n) is 14.8. The first-order valence-electron chi connectivity index (χ1n) is 8.50. The molecule has 2 aromatic carbocycles. The van der Waals surface area contributed by atoms with E-state index in [9.17, 15) is 9.59 Å². The lowest BCUT2D eigenvalue weighted by molar-refractivity contribution is 0.0696. The fraction of sp³-hybridized carbons (Fsp3) is 0.300. The lowest BCUT2D eigenvalue weighted by atomic mass is 10.1. The topological polar surface area (TPSA) is 87.7 Å². The second-order valence-electron chi connectivity index (χ2n) is 6.18. The number of nitrogens with one attached hydrogen (secondary N) is 2. The molecule has 0 saturated heterocycles. The van der Waals surface area contributed by atoms with E-state index in [0.29, 0.717) is 19.8 Å². The molecule has 6 nitrogen and oxygen atoms in total. The Labute approximate surface area is 153 Å². The average molecular weight is 356 g/mol. The van der Waals surface area contributed by atoms with E-state index >= 15 is 0 Å². The normalized spacial score (nSPS) is 11.6. The maximum atomic E-state index is 11.9. The molecule has 0 heterocycles. The number of amides is 2. The number of hydrogen-bond donors (Lipinski definition) is 3. The smallest absolute Gasteiger partial charge is 0.335 e. The number of hydrogen-bond acceptors (Lipinski definition) is 3. The van der Waals surface area contributed by atoms with E-state index in [-0.39, 0.29) is 24.1 Å². The maximum absolute atomic E-state index is 11.9. The van der Waals surface area contributed by atoms with Gasteiger partial charge in [-0.05, 0) is 29.2 Å². The highest BCUT2D eigenvalue weighted by Gasteiger charge is 2.07. The Morgan fingerprint density at radius 3 is 2.50 bits per heavy atom. The summed E-state index contributed by atoms with van der Waals surface area (Å²) in [6.07, 6.45) is 0. The Bertz CT molecular complexity index is 719. The summed E-state index contributed by atoms with van der Waals surface area (Å²) in [6, 6.07) is 16.1. The Kier molecular flexibility index (Phi) is 7.64. The quantitative estimate of drug-likeness (QED) is 0.644. The predicted molar refractivity (Wildman–Crippen MR) is 98.9 cm³/mol. The fourth-order valence-corrected chi connectivity index (χ4v) is 2.34. The lowest BCUT2D eigenvalue weighted by Gasteiger charge is -2.14. The minimum absolute atomic E-state index is 0.180. The predicted octanol–water partition coefficient (Wildman–Crippen LogP) is 3.04. The highest BCUT2D eigenvalue weighted by atomic mass is 16.5. The molecular weight excluding hydrogens is 332 g/mol. The number of carboxylic acids is 1. The summed E-state index contributed by atoms with van der Waals surface area (Å²) >= 11 is 0. The molecule has 1 atom stereocenters. The molecule has 0 fully saturated rings. The van der Waals surface area contributed by atoms with E-state index < -0.39 is 5.97 Å². The van der Waals surface area contributed by atoms with Crippen molar-refractivity contribution < 1.29 is 19.4 Å². The number of urea groups is 1. The molecule has 3 N–H and O–H groups in total. The third-order valence-corrected chi connectivity index (χ3v) is 3.75. The molecule has 2 aromatic rings. The Hall–Kier alpha value is -2.86. The third kappa shape index (κ3) is 6.94. The highest BCUT2D eigenvalue weighted by molar-refractivity contribution is 5.87. The fourth-order valence-electron chi connectivity index (χ4n) is 2.34. The molecule has 138 valence electrons. The van der Waals surface area contributed by atoms with Gasteiger partial charge in [-0.2, -0.15) is 0 Å². The SMILES string of the molecule is CC(CNC(=O)NCc1cccc(C(=O)O)c1)COCc1ccccc1. The van der Waals surface area contributed by atoms with Gasteiger partial charge in [0.25, 0.3) is 0 Å². The van der Waals surface area contributed by atoms with Crippen molar-refractivity contribution in [1.82, 2.24) is 10.6 Å². The molecule has 0 aliphatic rings. The Balaban J connectivity index is 1.63.